The number of aromatic nitrogens is 1. The maximum Gasteiger partial charge on any atom is 0.287 e. The fourth-order valence-electron chi connectivity index (χ4n) is 2.36. The lowest BCUT2D eigenvalue weighted by molar-refractivity contribution is -0.385. The zero-order valence-corrected chi connectivity index (χ0v) is 17.6. The molecule has 0 spiro atoms. The van der Waals surface area contributed by atoms with Crippen LogP contribution in [-0.2, 0) is 6.61 Å². The topological polar surface area (TPSA) is 89.6 Å². The fourth-order valence-corrected chi connectivity index (χ4v) is 3.35. The SMILES string of the molecule is Cc1ccc(COc2c(Cl)cc(/C=N/Nc3ccc([N+](=O)[O-])cn3)cc2Br)cc1. The van der Waals surface area contributed by atoms with Crippen LogP contribution in [0.4, 0.5) is 11.5 Å². The molecule has 0 bridgehead atoms. The maximum atomic E-state index is 10.6. The second-order valence-electron chi connectivity index (χ2n) is 6.12. The van der Waals surface area contributed by atoms with E-state index in [1.54, 1.807) is 12.3 Å². The minimum atomic E-state index is -0.512. The van der Waals surface area contributed by atoms with Crippen LogP contribution in [0.2, 0.25) is 5.02 Å². The summed E-state index contributed by atoms with van der Waals surface area (Å²) in [7, 11) is 0. The molecular formula is C20H16BrClN4O3. The number of pyridine rings is 1. The summed E-state index contributed by atoms with van der Waals surface area (Å²) in [6.45, 7) is 2.43. The molecule has 0 fully saturated rings. The first-order chi connectivity index (χ1) is 13.9. The van der Waals surface area contributed by atoms with E-state index in [-0.39, 0.29) is 5.69 Å². The molecule has 0 saturated heterocycles. The molecule has 0 amide bonds. The van der Waals surface area contributed by atoms with E-state index in [2.05, 4.69) is 31.4 Å². The Morgan fingerprint density at radius 3 is 2.66 bits per heavy atom. The van der Waals surface area contributed by atoms with Crippen molar-refractivity contribution in [3.63, 3.8) is 0 Å². The lowest BCUT2D eigenvalue weighted by Gasteiger charge is -2.11. The number of rotatable bonds is 7. The fraction of sp³-hybridized carbons (Fsp3) is 0.100. The number of ether oxygens (including phenoxy) is 1. The number of halogens is 2. The molecule has 0 aliphatic carbocycles. The van der Waals surface area contributed by atoms with E-state index in [0.717, 1.165) is 17.3 Å². The van der Waals surface area contributed by atoms with Crippen LogP contribution in [0.15, 0.2) is 64.3 Å². The van der Waals surface area contributed by atoms with Crippen LogP contribution in [0.3, 0.4) is 0 Å². The van der Waals surface area contributed by atoms with E-state index in [0.29, 0.717) is 27.7 Å². The van der Waals surface area contributed by atoms with E-state index >= 15 is 0 Å². The number of nitrogens with one attached hydrogen (secondary N) is 1. The largest absolute Gasteiger partial charge is 0.486 e. The van der Waals surface area contributed by atoms with Gasteiger partial charge < -0.3 is 4.74 Å². The molecule has 3 rings (SSSR count). The van der Waals surface area contributed by atoms with Crippen molar-refractivity contribution < 1.29 is 9.66 Å². The molecule has 2 aromatic carbocycles. The molecule has 0 atom stereocenters. The van der Waals surface area contributed by atoms with Crippen molar-refractivity contribution in [2.75, 3.05) is 5.43 Å². The second kappa shape index (κ2) is 9.49. The van der Waals surface area contributed by atoms with Crippen molar-refractivity contribution in [3.8, 4) is 5.75 Å². The molecular weight excluding hydrogens is 460 g/mol. The Morgan fingerprint density at radius 1 is 1.28 bits per heavy atom. The summed E-state index contributed by atoms with van der Waals surface area (Å²) in [6.07, 6.45) is 2.72. The van der Waals surface area contributed by atoms with Gasteiger partial charge in [0.25, 0.3) is 5.69 Å². The molecule has 1 N–H and O–H groups in total. The summed E-state index contributed by atoms with van der Waals surface area (Å²) < 4.78 is 6.55. The van der Waals surface area contributed by atoms with Crippen LogP contribution < -0.4 is 10.2 Å². The Hall–Kier alpha value is -2.97. The zero-order chi connectivity index (χ0) is 20.8. The predicted octanol–water partition coefficient (Wildman–Crippen LogP) is 5.74. The standard InChI is InChI=1S/C20H16BrClN4O3/c1-13-2-4-14(5-3-13)12-29-20-17(21)8-15(9-18(20)22)10-24-25-19-7-6-16(11-23-19)26(27)28/h2-11H,12H2,1H3,(H,23,25)/b24-10+. The maximum absolute atomic E-state index is 10.6. The van der Waals surface area contributed by atoms with Gasteiger partial charge in [-0.05, 0) is 52.2 Å². The zero-order valence-electron chi connectivity index (χ0n) is 15.3. The molecule has 0 aliphatic heterocycles. The molecule has 0 unspecified atom stereocenters. The molecule has 9 heteroatoms. The first kappa shape index (κ1) is 20.8. The van der Waals surface area contributed by atoms with Crippen molar-refractivity contribution in [1.82, 2.24) is 4.98 Å². The highest BCUT2D eigenvalue weighted by Gasteiger charge is 2.09. The van der Waals surface area contributed by atoms with E-state index in [1.807, 2.05) is 37.3 Å². The quantitative estimate of drug-likeness (QED) is 0.267. The van der Waals surface area contributed by atoms with Crippen molar-refractivity contribution in [1.29, 1.82) is 0 Å². The molecule has 7 nitrogen and oxygen atoms in total. The molecule has 0 aliphatic rings. The van der Waals surface area contributed by atoms with Gasteiger partial charge in [0.2, 0.25) is 0 Å². The normalized spacial score (nSPS) is 10.9. The third-order valence-electron chi connectivity index (χ3n) is 3.88. The van der Waals surface area contributed by atoms with Crippen molar-refractivity contribution in [2.24, 2.45) is 5.10 Å². The average Bonchev–Trinajstić information content (AvgIpc) is 2.69. The van der Waals surface area contributed by atoms with Gasteiger partial charge >= 0.3 is 0 Å². The number of aryl methyl sites for hydroxylation is 1. The van der Waals surface area contributed by atoms with Crippen LogP contribution in [0.5, 0.6) is 5.75 Å². The predicted molar refractivity (Wildman–Crippen MR) is 117 cm³/mol. The molecule has 29 heavy (non-hydrogen) atoms. The number of hydrogen-bond donors (Lipinski definition) is 1. The molecule has 148 valence electrons. The Kier molecular flexibility index (Phi) is 6.79. The molecule has 1 heterocycles. The Bertz CT molecular complexity index is 1020. The van der Waals surface area contributed by atoms with Gasteiger partial charge in [-0.2, -0.15) is 5.10 Å². The first-order valence-corrected chi connectivity index (χ1v) is 9.66. The molecule has 3 aromatic rings. The van der Waals surface area contributed by atoms with Crippen LogP contribution in [-0.4, -0.2) is 16.1 Å². The van der Waals surface area contributed by atoms with E-state index < -0.39 is 4.92 Å². The highest BCUT2D eigenvalue weighted by atomic mass is 79.9. The van der Waals surface area contributed by atoms with Gasteiger partial charge in [-0.1, -0.05) is 41.4 Å². The summed E-state index contributed by atoms with van der Waals surface area (Å²) in [5.41, 5.74) is 5.59. The first-order valence-electron chi connectivity index (χ1n) is 8.49. The van der Waals surface area contributed by atoms with Gasteiger partial charge in [0.05, 0.1) is 20.6 Å². The number of anilines is 1. The van der Waals surface area contributed by atoms with Gasteiger partial charge in [-0.25, -0.2) is 4.98 Å². The molecule has 0 radical (unpaired) electrons. The van der Waals surface area contributed by atoms with Crippen LogP contribution in [0.1, 0.15) is 16.7 Å². The second-order valence-corrected chi connectivity index (χ2v) is 7.38. The Labute approximate surface area is 180 Å². The highest BCUT2D eigenvalue weighted by molar-refractivity contribution is 9.10. The van der Waals surface area contributed by atoms with Gasteiger partial charge in [0, 0.05) is 6.07 Å². The van der Waals surface area contributed by atoms with Crippen molar-refractivity contribution in [2.45, 2.75) is 13.5 Å². The van der Waals surface area contributed by atoms with Gasteiger partial charge in [0.15, 0.2) is 5.75 Å². The van der Waals surface area contributed by atoms with Gasteiger partial charge in [0.1, 0.15) is 18.6 Å². The summed E-state index contributed by atoms with van der Waals surface area (Å²) >= 11 is 9.83. The third-order valence-corrected chi connectivity index (χ3v) is 4.75. The minimum absolute atomic E-state index is 0.0866. The smallest absolute Gasteiger partial charge is 0.287 e. The number of nitrogens with zero attached hydrogens (tertiary/aromatic N) is 3. The van der Waals surface area contributed by atoms with E-state index in [4.69, 9.17) is 16.3 Å². The molecule has 1 aromatic heterocycles. The monoisotopic (exact) mass is 474 g/mol. The van der Waals surface area contributed by atoms with E-state index in [1.165, 1.54) is 17.7 Å². The number of hydrogen-bond acceptors (Lipinski definition) is 6. The number of benzene rings is 2. The van der Waals surface area contributed by atoms with Crippen LogP contribution in [0.25, 0.3) is 0 Å². The van der Waals surface area contributed by atoms with Gasteiger partial charge in [-0.3, -0.25) is 15.5 Å². The summed E-state index contributed by atoms with van der Waals surface area (Å²) in [5, 5.41) is 15.1. The summed E-state index contributed by atoms with van der Waals surface area (Å²) in [5.74, 6) is 0.935. The number of hydrazone groups is 1. The summed E-state index contributed by atoms with van der Waals surface area (Å²) in [6, 6.07) is 14.4. The summed E-state index contributed by atoms with van der Waals surface area (Å²) in [4.78, 5) is 14.0. The van der Waals surface area contributed by atoms with Gasteiger partial charge in [-0.15, -0.1) is 0 Å². The van der Waals surface area contributed by atoms with Crippen molar-refractivity contribution >= 4 is 45.3 Å². The van der Waals surface area contributed by atoms with E-state index in [9.17, 15) is 10.1 Å². The Morgan fingerprint density at radius 2 is 2.03 bits per heavy atom. The van der Waals surface area contributed by atoms with Crippen LogP contribution >= 0.6 is 27.5 Å². The van der Waals surface area contributed by atoms with Crippen LogP contribution in [0, 0.1) is 17.0 Å². The minimum Gasteiger partial charge on any atom is -0.486 e. The lowest BCUT2D eigenvalue weighted by Crippen LogP contribution is -1.98. The molecule has 0 saturated carbocycles. The average molecular weight is 476 g/mol. The third kappa shape index (κ3) is 5.75. The number of nitro groups is 1. The lowest BCUT2D eigenvalue weighted by atomic mass is 10.2. The Balaban J connectivity index is 1.64. The van der Waals surface area contributed by atoms with Crippen molar-refractivity contribution in [3.05, 3.63) is 91.0 Å². The highest BCUT2D eigenvalue weighted by Crippen LogP contribution is 2.34.